The molecule has 0 bridgehead atoms. The molecule has 1 atom stereocenters. The number of hydrogen-bond donors (Lipinski definition) is 1. The molecule has 17 heavy (non-hydrogen) atoms. The first-order valence-corrected chi connectivity index (χ1v) is 6.55. The molecule has 94 valence electrons. The fraction of sp³-hybridized carbons (Fsp3) is 0.643. The number of pyridine rings is 1. The molecule has 1 aromatic heterocycles. The van der Waals surface area contributed by atoms with E-state index < -0.39 is 0 Å². The van der Waals surface area contributed by atoms with Crippen molar-refractivity contribution in [3.8, 4) is 0 Å². The number of anilines is 1. The summed E-state index contributed by atoms with van der Waals surface area (Å²) < 4.78 is 0. The third kappa shape index (κ3) is 3.19. The molecule has 0 spiro atoms. The van der Waals surface area contributed by atoms with Gasteiger partial charge in [-0.2, -0.15) is 0 Å². The first-order valence-electron chi connectivity index (χ1n) is 6.55. The number of piperidine rings is 1. The molecule has 2 heterocycles. The van der Waals surface area contributed by atoms with Gasteiger partial charge in [0.25, 0.3) is 0 Å². The lowest BCUT2D eigenvalue weighted by molar-refractivity contribution is 0.194. The van der Waals surface area contributed by atoms with Crippen LogP contribution < -0.4 is 5.32 Å². The van der Waals surface area contributed by atoms with E-state index in [1.54, 1.807) is 0 Å². The lowest BCUT2D eigenvalue weighted by Crippen LogP contribution is -2.40. The minimum absolute atomic E-state index is 0.671. The zero-order valence-electron chi connectivity index (χ0n) is 11.2. The molecule has 1 saturated heterocycles. The minimum Gasteiger partial charge on any atom is -0.382 e. The van der Waals surface area contributed by atoms with Crippen molar-refractivity contribution in [1.82, 2.24) is 9.88 Å². The van der Waals surface area contributed by atoms with Crippen molar-refractivity contribution >= 4 is 5.69 Å². The fourth-order valence-electron chi connectivity index (χ4n) is 2.50. The van der Waals surface area contributed by atoms with Crippen LogP contribution in [0.15, 0.2) is 12.1 Å². The Balaban J connectivity index is 1.92. The number of aryl methyl sites for hydroxylation is 2. The van der Waals surface area contributed by atoms with Crippen LogP contribution in [0.4, 0.5) is 5.69 Å². The quantitative estimate of drug-likeness (QED) is 0.870. The van der Waals surface area contributed by atoms with Gasteiger partial charge in [-0.05, 0) is 52.4 Å². The van der Waals surface area contributed by atoms with Crippen LogP contribution in [0.2, 0.25) is 0 Å². The zero-order valence-corrected chi connectivity index (χ0v) is 11.2. The maximum Gasteiger partial charge on any atom is 0.0606 e. The summed E-state index contributed by atoms with van der Waals surface area (Å²) in [5.74, 6) is 0. The molecule has 1 N–H and O–H groups in total. The van der Waals surface area contributed by atoms with Crippen LogP contribution in [0, 0.1) is 13.8 Å². The van der Waals surface area contributed by atoms with Crippen molar-refractivity contribution in [3.05, 3.63) is 23.5 Å². The summed E-state index contributed by atoms with van der Waals surface area (Å²) in [5.41, 5.74) is 3.36. The van der Waals surface area contributed by atoms with E-state index in [4.69, 9.17) is 0 Å². The number of nitrogens with one attached hydrogen (secondary N) is 1. The first kappa shape index (κ1) is 12.4. The Bertz CT molecular complexity index is 376. The number of aromatic nitrogens is 1. The molecule has 1 unspecified atom stereocenters. The summed E-state index contributed by atoms with van der Waals surface area (Å²) in [4.78, 5) is 6.95. The van der Waals surface area contributed by atoms with Crippen molar-refractivity contribution < 1.29 is 0 Å². The highest BCUT2D eigenvalue weighted by molar-refractivity contribution is 5.47. The van der Waals surface area contributed by atoms with E-state index in [0.29, 0.717) is 6.04 Å². The lowest BCUT2D eigenvalue weighted by Gasteiger charge is -2.32. The van der Waals surface area contributed by atoms with Crippen molar-refractivity contribution in [3.63, 3.8) is 0 Å². The summed E-state index contributed by atoms with van der Waals surface area (Å²) in [6.07, 6.45) is 4.02. The minimum atomic E-state index is 0.671. The summed E-state index contributed by atoms with van der Waals surface area (Å²) in [6, 6.07) is 4.88. The molecular formula is C14H23N3. The molecule has 1 fully saturated rings. The van der Waals surface area contributed by atoms with Crippen LogP contribution in [-0.2, 0) is 0 Å². The second-order valence-corrected chi connectivity index (χ2v) is 5.10. The van der Waals surface area contributed by atoms with E-state index in [1.165, 1.54) is 31.5 Å². The van der Waals surface area contributed by atoms with Crippen LogP contribution in [0.1, 0.15) is 30.7 Å². The van der Waals surface area contributed by atoms with Gasteiger partial charge in [0, 0.05) is 18.3 Å². The molecule has 2 rings (SSSR count). The predicted octanol–water partition coefficient (Wildman–Crippen LogP) is 2.59. The number of rotatable bonds is 3. The van der Waals surface area contributed by atoms with Crippen LogP contribution in [0.5, 0.6) is 0 Å². The highest BCUT2D eigenvalue weighted by atomic mass is 15.2. The predicted molar refractivity (Wildman–Crippen MR) is 72.5 cm³/mol. The highest BCUT2D eigenvalue weighted by Gasteiger charge is 2.18. The van der Waals surface area contributed by atoms with E-state index in [0.717, 1.165) is 17.9 Å². The standard InChI is InChI=1S/C14H23N3/c1-11-7-8-14(12(2)16-11)15-10-13-6-4-5-9-17(13)3/h7-8,13,15H,4-6,9-10H2,1-3H3. The Kier molecular flexibility index (Phi) is 4.00. The van der Waals surface area contributed by atoms with Gasteiger partial charge in [-0.1, -0.05) is 6.42 Å². The smallest absolute Gasteiger partial charge is 0.0606 e. The zero-order chi connectivity index (χ0) is 12.3. The van der Waals surface area contributed by atoms with Gasteiger partial charge >= 0.3 is 0 Å². The normalized spacial score (nSPS) is 21.5. The highest BCUT2D eigenvalue weighted by Crippen LogP contribution is 2.17. The van der Waals surface area contributed by atoms with Crippen molar-refractivity contribution in [2.75, 3.05) is 25.5 Å². The van der Waals surface area contributed by atoms with Crippen molar-refractivity contribution in [2.24, 2.45) is 0 Å². The number of likely N-dealkylation sites (tertiary alicyclic amines) is 1. The molecule has 3 nitrogen and oxygen atoms in total. The molecule has 1 aliphatic heterocycles. The Hall–Kier alpha value is -1.09. The topological polar surface area (TPSA) is 28.2 Å². The second-order valence-electron chi connectivity index (χ2n) is 5.10. The van der Waals surface area contributed by atoms with Gasteiger partial charge in [-0.15, -0.1) is 0 Å². The second kappa shape index (κ2) is 5.50. The summed E-state index contributed by atoms with van der Waals surface area (Å²) in [7, 11) is 2.23. The van der Waals surface area contributed by atoms with Crippen molar-refractivity contribution in [2.45, 2.75) is 39.2 Å². The fourth-order valence-corrected chi connectivity index (χ4v) is 2.50. The molecule has 3 heteroatoms. The molecule has 0 saturated carbocycles. The van der Waals surface area contributed by atoms with Gasteiger partial charge in [-0.3, -0.25) is 4.98 Å². The maximum absolute atomic E-state index is 4.48. The molecule has 0 amide bonds. The Labute approximate surface area is 104 Å². The average Bonchev–Trinajstić information content (AvgIpc) is 2.30. The maximum atomic E-state index is 4.48. The molecule has 1 aromatic rings. The van der Waals surface area contributed by atoms with E-state index >= 15 is 0 Å². The lowest BCUT2D eigenvalue weighted by atomic mass is 10.0. The van der Waals surface area contributed by atoms with Crippen LogP contribution in [-0.4, -0.2) is 36.1 Å². The van der Waals surface area contributed by atoms with E-state index in [1.807, 2.05) is 6.92 Å². The molecule has 0 aliphatic carbocycles. The number of likely N-dealkylation sites (N-methyl/N-ethyl adjacent to an activating group) is 1. The monoisotopic (exact) mass is 233 g/mol. The van der Waals surface area contributed by atoms with Gasteiger partial charge in [0.1, 0.15) is 0 Å². The molecule has 0 radical (unpaired) electrons. The first-order chi connectivity index (χ1) is 8.16. The molecular weight excluding hydrogens is 210 g/mol. The Morgan fingerprint density at radius 1 is 1.35 bits per heavy atom. The average molecular weight is 233 g/mol. The Morgan fingerprint density at radius 2 is 2.18 bits per heavy atom. The third-order valence-corrected chi connectivity index (χ3v) is 3.67. The van der Waals surface area contributed by atoms with Gasteiger partial charge < -0.3 is 10.2 Å². The SMILES string of the molecule is Cc1ccc(NCC2CCCCN2C)c(C)n1. The Morgan fingerprint density at radius 3 is 2.88 bits per heavy atom. The van der Waals surface area contributed by atoms with Crippen LogP contribution in [0.25, 0.3) is 0 Å². The molecule has 0 aromatic carbocycles. The van der Waals surface area contributed by atoms with E-state index in [9.17, 15) is 0 Å². The number of nitrogens with zero attached hydrogens (tertiary/aromatic N) is 2. The third-order valence-electron chi connectivity index (χ3n) is 3.67. The van der Waals surface area contributed by atoms with Gasteiger partial charge in [0.05, 0.1) is 11.4 Å². The van der Waals surface area contributed by atoms with Gasteiger partial charge in [0.15, 0.2) is 0 Å². The van der Waals surface area contributed by atoms with E-state index in [-0.39, 0.29) is 0 Å². The van der Waals surface area contributed by atoms with Crippen molar-refractivity contribution in [1.29, 1.82) is 0 Å². The van der Waals surface area contributed by atoms with E-state index in [2.05, 4.69) is 41.3 Å². The van der Waals surface area contributed by atoms with Gasteiger partial charge in [-0.25, -0.2) is 0 Å². The molecule has 1 aliphatic rings. The van der Waals surface area contributed by atoms with Crippen LogP contribution in [0.3, 0.4) is 0 Å². The summed E-state index contributed by atoms with van der Waals surface area (Å²) in [5, 5.41) is 3.54. The largest absolute Gasteiger partial charge is 0.382 e. The number of hydrogen-bond acceptors (Lipinski definition) is 3. The van der Waals surface area contributed by atoms with Crippen LogP contribution >= 0.6 is 0 Å². The summed E-state index contributed by atoms with van der Waals surface area (Å²) >= 11 is 0. The summed E-state index contributed by atoms with van der Waals surface area (Å²) in [6.45, 7) is 6.37. The van der Waals surface area contributed by atoms with Gasteiger partial charge in [0.2, 0.25) is 0 Å².